The van der Waals surface area contributed by atoms with Gasteiger partial charge in [-0.3, -0.25) is 9.69 Å². The lowest BCUT2D eigenvalue weighted by Crippen LogP contribution is -2.29. The quantitative estimate of drug-likeness (QED) is 0.738. The highest BCUT2D eigenvalue weighted by Gasteiger charge is 2.33. The van der Waals surface area contributed by atoms with Gasteiger partial charge in [0, 0.05) is 0 Å². The van der Waals surface area contributed by atoms with Crippen molar-refractivity contribution < 1.29 is 22.4 Å². The Morgan fingerprint density at radius 3 is 2.54 bits per heavy atom. The molecular weight excluding hydrogens is 344 g/mol. The zero-order chi connectivity index (χ0) is 17.3. The molecule has 1 amide bonds. The maximum Gasteiger partial charge on any atom is 0.416 e. The number of nitrogens with zero attached hydrogens (tertiary/aromatic N) is 2. The summed E-state index contributed by atoms with van der Waals surface area (Å²) < 4.78 is 52.3. The van der Waals surface area contributed by atoms with Crippen LogP contribution in [0.15, 0.2) is 53.5 Å². The molecule has 1 aliphatic heterocycles. The van der Waals surface area contributed by atoms with Gasteiger partial charge in [-0.25, -0.2) is 9.38 Å². The van der Waals surface area contributed by atoms with Crippen molar-refractivity contribution in [3.63, 3.8) is 0 Å². The number of amides is 1. The molecule has 0 bridgehead atoms. The number of alkyl halides is 3. The average molecular weight is 354 g/mol. The number of benzene rings is 2. The number of amidine groups is 1. The highest BCUT2D eigenvalue weighted by atomic mass is 32.2. The summed E-state index contributed by atoms with van der Waals surface area (Å²) in [5.41, 5.74) is -0.766. The highest BCUT2D eigenvalue weighted by molar-refractivity contribution is 8.15. The van der Waals surface area contributed by atoms with Gasteiger partial charge in [0.25, 0.3) is 0 Å². The summed E-state index contributed by atoms with van der Waals surface area (Å²) in [6.07, 6.45) is -4.49. The van der Waals surface area contributed by atoms with Crippen molar-refractivity contribution >= 4 is 34.2 Å². The van der Waals surface area contributed by atoms with Crippen LogP contribution in [-0.4, -0.2) is 16.8 Å². The predicted molar refractivity (Wildman–Crippen MR) is 84.9 cm³/mol. The Morgan fingerprint density at radius 1 is 1.08 bits per heavy atom. The molecule has 0 saturated carbocycles. The van der Waals surface area contributed by atoms with E-state index in [1.165, 1.54) is 30.3 Å². The topological polar surface area (TPSA) is 32.7 Å². The second-order valence-corrected chi connectivity index (χ2v) is 5.85. The van der Waals surface area contributed by atoms with E-state index in [0.29, 0.717) is 0 Å². The fraction of sp³-hybridized carbons (Fsp3) is 0.125. The van der Waals surface area contributed by atoms with Crippen LogP contribution in [-0.2, 0) is 11.0 Å². The molecule has 24 heavy (non-hydrogen) atoms. The molecule has 1 heterocycles. The molecule has 1 aliphatic rings. The van der Waals surface area contributed by atoms with E-state index in [2.05, 4.69) is 4.99 Å². The van der Waals surface area contributed by atoms with Crippen LogP contribution in [0, 0.1) is 5.82 Å². The summed E-state index contributed by atoms with van der Waals surface area (Å²) in [5, 5.41) is 0.143. The number of halogens is 4. The molecular formula is C16H10F4N2OS. The lowest BCUT2D eigenvalue weighted by atomic mass is 10.2. The summed E-state index contributed by atoms with van der Waals surface area (Å²) in [6.45, 7) is 0. The molecule has 0 unspecified atom stereocenters. The third-order valence-corrected chi connectivity index (χ3v) is 4.18. The monoisotopic (exact) mass is 354 g/mol. The molecule has 2 aromatic carbocycles. The van der Waals surface area contributed by atoms with E-state index in [1.807, 2.05) is 0 Å². The molecule has 3 rings (SSSR count). The fourth-order valence-electron chi connectivity index (χ4n) is 2.18. The average Bonchev–Trinajstić information content (AvgIpc) is 2.88. The van der Waals surface area contributed by atoms with Gasteiger partial charge in [-0.1, -0.05) is 30.0 Å². The summed E-state index contributed by atoms with van der Waals surface area (Å²) in [7, 11) is 0. The molecule has 1 fully saturated rings. The molecule has 0 atom stereocenters. The fourth-order valence-corrected chi connectivity index (χ4v) is 3.06. The predicted octanol–water partition coefficient (Wildman–Crippen LogP) is 4.61. The number of hydrogen-bond donors (Lipinski definition) is 0. The third kappa shape index (κ3) is 3.28. The largest absolute Gasteiger partial charge is 0.416 e. The van der Waals surface area contributed by atoms with Crippen LogP contribution in [0.5, 0.6) is 0 Å². The van der Waals surface area contributed by atoms with E-state index < -0.39 is 17.6 Å². The Bertz CT molecular complexity index is 820. The molecule has 3 nitrogen and oxygen atoms in total. The molecule has 0 aromatic heterocycles. The number of aliphatic imine (C=N–C) groups is 1. The second-order valence-electron chi connectivity index (χ2n) is 4.91. The van der Waals surface area contributed by atoms with Gasteiger partial charge in [-0.05, 0) is 30.3 Å². The number of carbonyl (C=O) groups is 1. The first-order valence-electron chi connectivity index (χ1n) is 6.82. The van der Waals surface area contributed by atoms with Gasteiger partial charge in [-0.15, -0.1) is 0 Å². The smallest absolute Gasteiger partial charge is 0.273 e. The summed E-state index contributed by atoms with van der Waals surface area (Å²) in [5.74, 6) is -0.938. The van der Waals surface area contributed by atoms with Gasteiger partial charge in [0.1, 0.15) is 5.82 Å². The molecule has 1 saturated heterocycles. The van der Waals surface area contributed by atoms with Crippen molar-refractivity contribution in [1.82, 2.24) is 0 Å². The summed E-state index contributed by atoms with van der Waals surface area (Å²) in [4.78, 5) is 17.2. The van der Waals surface area contributed by atoms with Crippen molar-refractivity contribution in [3.05, 3.63) is 59.9 Å². The van der Waals surface area contributed by atoms with Crippen LogP contribution in [0.25, 0.3) is 0 Å². The van der Waals surface area contributed by atoms with Crippen molar-refractivity contribution in [3.8, 4) is 0 Å². The van der Waals surface area contributed by atoms with Gasteiger partial charge >= 0.3 is 6.18 Å². The Balaban J connectivity index is 2.00. The van der Waals surface area contributed by atoms with E-state index in [1.54, 1.807) is 6.07 Å². The minimum Gasteiger partial charge on any atom is -0.273 e. The molecule has 0 radical (unpaired) electrons. The van der Waals surface area contributed by atoms with E-state index in [9.17, 15) is 22.4 Å². The zero-order valence-electron chi connectivity index (χ0n) is 12.0. The molecule has 0 N–H and O–H groups in total. The van der Waals surface area contributed by atoms with Crippen molar-refractivity contribution in [2.24, 2.45) is 4.99 Å². The lowest BCUT2D eigenvalue weighted by Gasteiger charge is -2.16. The van der Waals surface area contributed by atoms with Crippen LogP contribution >= 0.6 is 11.8 Å². The Kier molecular flexibility index (Phi) is 4.31. The number of hydrogen-bond acceptors (Lipinski definition) is 3. The van der Waals surface area contributed by atoms with Crippen molar-refractivity contribution in [2.45, 2.75) is 6.18 Å². The first-order chi connectivity index (χ1) is 11.4. The van der Waals surface area contributed by atoms with E-state index in [-0.39, 0.29) is 28.2 Å². The van der Waals surface area contributed by atoms with Gasteiger partial charge in [0.05, 0.1) is 22.7 Å². The summed E-state index contributed by atoms with van der Waals surface area (Å²) in [6, 6.07) is 10.1. The minimum atomic E-state index is -4.49. The summed E-state index contributed by atoms with van der Waals surface area (Å²) >= 11 is 1.05. The zero-order valence-corrected chi connectivity index (χ0v) is 12.9. The molecule has 2 aromatic rings. The highest BCUT2D eigenvalue weighted by Crippen LogP contribution is 2.34. The van der Waals surface area contributed by atoms with Crippen LogP contribution < -0.4 is 4.90 Å². The van der Waals surface area contributed by atoms with E-state index in [4.69, 9.17) is 0 Å². The SMILES string of the molecule is O=C1CSC(=Nc2cccc(C(F)(F)F)c2)N1c1ccccc1F. The standard InChI is InChI=1S/C16H10F4N2OS/c17-12-6-1-2-7-13(12)22-14(23)9-24-15(22)21-11-5-3-4-10(8-11)16(18,19)20/h1-8H,9H2. The second kappa shape index (κ2) is 6.27. The minimum absolute atomic E-state index is 0.0261. The van der Waals surface area contributed by atoms with Crippen LogP contribution in [0.1, 0.15) is 5.56 Å². The van der Waals surface area contributed by atoms with Crippen LogP contribution in [0.3, 0.4) is 0 Å². The number of anilines is 1. The van der Waals surface area contributed by atoms with Gasteiger partial charge in [0.2, 0.25) is 5.91 Å². The van der Waals surface area contributed by atoms with Crippen LogP contribution in [0.4, 0.5) is 28.9 Å². The van der Waals surface area contributed by atoms with Crippen LogP contribution in [0.2, 0.25) is 0 Å². The molecule has 8 heteroatoms. The Hall–Kier alpha value is -2.35. The van der Waals surface area contributed by atoms with Gasteiger partial charge < -0.3 is 0 Å². The maximum absolute atomic E-state index is 13.9. The molecule has 0 aliphatic carbocycles. The normalized spacial score (nSPS) is 16.9. The Morgan fingerprint density at radius 2 is 1.83 bits per heavy atom. The first kappa shape index (κ1) is 16.5. The number of para-hydroxylation sites is 1. The number of thioether (sulfide) groups is 1. The molecule has 124 valence electrons. The molecule has 0 spiro atoms. The van der Waals surface area contributed by atoms with Crippen molar-refractivity contribution in [1.29, 1.82) is 0 Å². The first-order valence-corrected chi connectivity index (χ1v) is 7.81. The number of carbonyl (C=O) groups excluding carboxylic acids is 1. The maximum atomic E-state index is 13.9. The Labute approximate surface area is 139 Å². The van der Waals surface area contributed by atoms with Gasteiger partial charge in [0.15, 0.2) is 5.17 Å². The van der Waals surface area contributed by atoms with Gasteiger partial charge in [-0.2, -0.15) is 13.2 Å². The van der Waals surface area contributed by atoms with E-state index >= 15 is 0 Å². The number of rotatable bonds is 2. The van der Waals surface area contributed by atoms with Crippen molar-refractivity contribution in [2.75, 3.05) is 10.7 Å². The lowest BCUT2D eigenvalue weighted by molar-refractivity contribution is -0.137. The third-order valence-electron chi connectivity index (χ3n) is 3.26. The van der Waals surface area contributed by atoms with E-state index in [0.717, 1.165) is 28.8 Å².